The molecule has 0 bridgehead atoms. The van der Waals surface area contributed by atoms with Gasteiger partial charge in [0.1, 0.15) is 22.7 Å². The minimum atomic E-state index is -3.09. The molecule has 1 aliphatic carbocycles. The predicted octanol–water partition coefficient (Wildman–Crippen LogP) is 4.75. The number of amides is 3. The van der Waals surface area contributed by atoms with Crippen molar-refractivity contribution in [2.45, 2.75) is 38.5 Å². The van der Waals surface area contributed by atoms with Crippen LogP contribution in [0.2, 0.25) is 0 Å². The second-order valence-electron chi connectivity index (χ2n) is 8.66. The second-order valence-corrected chi connectivity index (χ2v) is 8.66. The summed E-state index contributed by atoms with van der Waals surface area (Å²) in [7, 11) is 1.75. The van der Waals surface area contributed by atoms with Crippen molar-refractivity contribution in [1.29, 1.82) is 0 Å². The van der Waals surface area contributed by atoms with E-state index in [1.165, 1.54) is 12.3 Å². The molecule has 1 atom stereocenters. The van der Waals surface area contributed by atoms with Crippen molar-refractivity contribution in [3.8, 4) is 11.5 Å². The highest BCUT2D eigenvalue weighted by Gasteiger charge is 2.65. The van der Waals surface area contributed by atoms with Gasteiger partial charge < -0.3 is 4.74 Å². The fourth-order valence-corrected chi connectivity index (χ4v) is 4.47. The zero-order valence-corrected chi connectivity index (χ0v) is 19.5. The molecule has 1 spiro atoms. The van der Waals surface area contributed by atoms with Gasteiger partial charge in [0.2, 0.25) is 5.91 Å². The maximum absolute atomic E-state index is 14.4. The fraction of sp³-hybridized carbons (Fsp3) is 0.375. The van der Waals surface area contributed by atoms with Gasteiger partial charge in [0.15, 0.2) is 0 Å². The molecule has 2 aliphatic rings. The number of carbonyl (C=O) groups is 2. The van der Waals surface area contributed by atoms with Crippen LogP contribution in [0.1, 0.15) is 38.3 Å². The van der Waals surface area contributed by atoms with E-state index in [1.807, 2.05) is 6.92 Å². The molecule has 1 saturated carbocycles. The van der Waals surface area contributed by atoms with Crippen LogP contribution in [0.4, 0.5) is 19.4 Å². The number of carbonyl (C=O) groups excluding carboxylic acids is 2. The summed E-state index contributed by atoms with van der Waals surface area (Å²) in [6.07, 6.45) is 4.81. The molecule has 35 heavy (non-hydrogen) atoms. The number of hydrazone groups is 1. The molecule has 2 aromatic rings. The lowest BCUT2D eigenvalue weighted by atomic mass is 9.82. The van der Waals surface area contributed by atoms with Gasteiger partial charge in [-0.2, -0.15) is 5.10 Å². The van der Waals surface area contributed by atoms with Crippen molar-refractivity contribution in [2.24, 2.45) is 10.5 Å². The molecule has 2 fully saturated rings. The number of nitrogens with one attached hydrogen (secondary N) is 1. The van der Waals surface area contributed by atoms with Gasteiger partial charge in [-0.1, -0.05) is 0 Å². The van der Waals surface area contributed by atoms with Crippen molar-refractivity contribution in [1.82, 2.24) is 19.9 Å². The van der Waals surface area contributed by atoms with Gasteiger partial charge in [-0.3, -0.25) is 25.0 Å². The van der Waals surface area contributed by atoms with E-state index in [0.717, 1.165) is 10.5 Å². The zero-order valence-electron chi connectivity index (χ0n) is 19.5. The quantitative estimate of drug-likeness (QED) is 0.469. The number of halogens is 2. The summed E-state index contributed by atoms with van der Waals surface area (Å²) in [5, 5.41) is 7.85. The molecular formula is C24H26F2N6O3. The van der Waals surface area contributed by atoms with Crippen LogP contribution in [-0.2, 0) is 4.79 Å². The summed E-state index contributed by atoms with van der Waals surface area (Å²) in [5.41, 5.74) is -0.213. The number of allylic oxidation sites excluding steroid dienone is 1. The maximum Gasteiger partial charge on any atom is 0.329 e. The van der Waals surface area contributed by atoms with Gasteiger partial charge >= 0.3 is 6.03 Å². The van der Waals surface area contributed by atoms with Crippen LogP contribution in [0.5, 0.6) is 11.5 Å². The van der Waals surface area contributed by atoms with E-state index in [0.29, 0.717) is 17.2 Å². The third kappa shape index (κ3) is 4.71. The van der Waals surface area contributed by atoms with E-state index in [9.17, 15) is 18.4 Å². The number of hydrogen-bond donors (Lipinski definition) is 1. The van der Waals surface area contributed by atoms with Gasteiger partial charge in [-0.25, -0.2) is 18.6 Å². The summed E-state index contributed by atoms with van der Waals surface area (Å²) in [4.78, 5) is 34.6. The van der Waals surface area contributed by atoms with Crippen LogP contribution in [0, 0.1) is 5.41 Å². The van der Waals surface area contributed by atoms with Gasteiger partial charge in [0, 0.05) is 45.2 Å². The molecule has 0 radical (unpaired) electrons. The molecule has 9 nitrogen and oxygen atoms in total. The largest absolute Gasteiger partial charge is 0.456 e. The molecule has 1 aliphatic heterocycles. The number of anilines is 1. The normalized spacial score (nSPS) is 21.3. The highest BCUT2D eigenvalue weighted by atomic mass is 19.3. The first-order valence-electron chi connectivity index (χ1n) is 11.1. The van der Waals surface area contributed by atoms with E-state index in [2.05, 4.69) is 27.1 Å². The fourth-order valence-electron chi connectivity index (χ4n) is 4.47. The molecule has 3 heterocycles. The Bertz CT molecular complexity index is 1170. The number of ether oxygens (including phenoxy) is 1. The SMILES string of the molecule is C=NN(C)/C=C(\C)c1cc(Oc2ccc(NC(=O)N3CCC4(CCCC4(F)F)C3=O)nc2)ccn1. The first-order chi connectivity index (χ1) is 16.6. The molecule has 2 aromatic heterocycles. The molecular weight excluding hydrogens is 458 g/mol. The number of hydrogen-bond acceptors (Lipinski definition) is 7. The van der Waals surface area contributed by atoms with E-state index >= 15 is 0 Å². The van der Waals surface area contributed by atoms with Crippen LogP contribution in [-0.4, -0.2) is 58.0 Å². The summed E-state index contributed by atoms with van der Waals surface area (Å²) in [5.74, 6) is -2.79. The Labute approximate surface area is 201 Å². The molecule has 1 unspecified atom stereocenters. The Hall–Kier alpha value is -3.89. The number of alkyl halides is 2. The lowest BCUT2D eigenvalue weighted by Gasteiger charge is -2.28. The maximum atomic E-state index is 14.4. The molecule has 4 rings (SSSR count). The third-order valence-electron chi connectivity index (χ3n) is 6.40. The monoisotopic (exact) mass is 484 g/mol. The van der Waals surface area contributed by atoms with E-state index in [1.54, 1.807) is 42.7 Å². The number of imide groups is 1. The van der Waals surface area contributed by atoms with Crippen LogP contribution in [0.15, 0.2) is 48.0 Å². The first kappa shape index (κ1) is 24.2. The predicted molar refractivity (Wildman–Crippen MR) is 126 cm³/mol. The summed E-state index contributed by atoms with van der Waals surface area (Å²) in [6.45, 7) is 5.30. The molecule has 0 aromatic carbocycles. The van der Waals surface area contributed by atoms with Crippen molar-refractivity contribution in [2.75, 3.05) is 18.9 Å². The van der Waals surface area contributed by atoms with Gasteiger partial charge in [0.25, 0.3) is 5.92 Å². The Morgan fingerprint density at radius 3 is 2.71 bits per heavy atom. The Morgan fingerprint density at radius 1 is 1.26 bits per heavy atom. The highest BCUT2D eigenvalue weighted by molar-refractivity contribution is 6.04. The Balaban J connectivity index is 1.39. The summed E-state index contributed by atoms with van der Waals surface area (Å²) < 4.78 is 34.5. The number of rotatable bonds is 6. The van der Waals surface area contributed by atoms with Gasteiger partial charge in [-0.05, 0) is 50.0 Å². The minimum absolute atomic E-state index is 0.0323. The molecule has 3 amide bonds. The number of urea groups is 1. The van der Waals surface area contributed by atoms with Crippen LogP contribution < -0.4 is 10.1 Å². The topological polar surface area (TPSA) is 100 Å². The molecule has 1 N–H and O–H groups in total. The first-order valence-corrected chi connectivity index (χ1v) is 11.1. The Kier molecular flexibility index (Phi) is 6.51. The average Bonchev–Trinajstić information content (AvgIpc) is 3.34. The number of likely N-dealkylation sites (tertiary alicyclic amines) is 1. The van der Waals surface area contributed by atoms with Crippen molar-refractivity contribution in [3.05, 3.63) is 48.6 Å². The van der Waals surface area contributed by atoms with Crippen LogP contribution in [0.3, 0.4) is 0 Å². The van der Waals surface area contributed by atoms with Crippen LogP contribution in [0.25, 0.3) is 5.57 Å². The van der Waals surface area contributed by atoms with Crippen molar-refractivity contribution >= 4 is 30.0 Å². The lowest BCUT2D eigenvalue weighted by molar-refractivity contribution is -0.153. The number of nitrogens with zero attached hydrogens (tertiary/aromatic N) is 5. The minimum Gasteiger partial charge on any atom is -0.456 e. The number of pyridine rings is 2. The molecule has 184 valence electrons. The summed E-state index contributed by atoms with van der Waals surface area (Å²) >= 11 is 0. The smallest absolute Gasteiger partial charge is 0.329 e. The van der Waals surface area contributed by atoms with Gasteiger partial charge in [-0.15, -0.1) is 0 Å². The van der Waals surface area contributed by atoms with E-state index in [4.69, 9.17) is 4.74 Å². The van der Waals surface area contributed by atoms with Gasteiger partial charge in [0.05, 0.1) is 11.9 Å². The van der Waals surface area contributed by atoms with Crippen molar-refractivity contribution < 1.29 is 23.1 Å². The lowest BCUT2D eigenvalue weighted by Crippen LogP contribution is -2.46. The summed E-state index contributed by atoms with van der Waals surface area (Å²) in [6, 6.07) is 5.78. The Morgan fingerprint density at radius 2 is 2.06 bits per heavy atom. The molecule has 1 saturated heterocycles. The van der Waals surface area contributed by atoms with Crippen LogP contribution >= 0.6 is 0 Å². The standard InChI is InChI=1S/C24H26F2N6O3/c1-16(15-31(3)27-2)19-13-17(7-11-28-19)35-18-5-6-20(29-14-18)30-22(34)32-12-10-23(21(32)33)8-4-9-24(23,25)26/h5-7,11,13-15H,2,4,8-10,12H2,1,3H3,(H,29,30,34)/b16-15+. The van der Waals surface area contributed by atoms with Crippen molar-refractivity contribution in [3.63, 3.8) is 0 Å². The number of aromatic nitrogens is 2. The van der Waals surface area contributed by atoms with E-state index in [-0.39, 0.29) is 38.0 Å². The average molecular weight is 485 g/mol. The third-order valence-corrected chi connectivity index (χ3v) is 6.40. The molecule has 11 heteroatoms. The zero-order chi connectivity index (χ0) is 25.2. The van der Waals surface area contributed by atoms with E-state index < -0.39 is 23.3 Å². The highest BCUT2D eigenvalue weighted by Crippen LogP contribution is 2.56. The second kappa shape index (κ2) is 9.40.